The number of hydrogen-bond acceptors (Lipinski definition) is 7. The van der Waals surface area contributed by atoms with Crippen molar-refractivity contribution in [3.8, 4) is 5.75 Å². The van der Waals surface area contributed by atoms with Crippen LogP contribution in [0.1, 0.15) is 5.82 Å². The Morgan fingerprint density at radius 2 is 2.22 bits per heavy atom. The standard InChI is InChI=1S/C13H9N7O3/c21-20(22)9-3-1-2-4-10(9)23-6-11-16-13-8-5-15-17-12(8)14-7-19(13)18-11/h1-5,7H,6H2,(H,15,17). The smallest absolute Gasteiger partial charge is 0.310 e. The van der Waals surface area contributed by atoms with E-state index in [4.69, 9.17) is 4.74 Å². The van der Waals surface area contributed by atoms with Crippen molar-refractivity contribution in [2.45, 2.75) is 6.61 Å². The van der Waals surface area contributed by atoms with Gasteiger partial charge in [-0.05, 0) is 6.07 Å². The van der Waals surface area contributed by atoms with Crippen LogP contribution >= 0.6 is 0 Å². The zero-order valence-electron chi connectivity index (χ0n) is 11.6. The lowest BCUT2D eigenvalue weighted by Gasteiger charge is -2.03. The molecule has 0 aliphatic carbocycles. The monoisotopic (exact) mass is 311 g/mol. The number of aromatic nitrogens is 6. The molecule has 0 saturated heterocycles. The van der Waals surface area contributed by atoms with Gasteiger partial charge in [-0.2, -0.15) is 5.10 Å². The minimum Gasteiger partial charge on any atom is -0.478 e. The van der Waals surface area contributed by atoms with Crippen molar-refractivity contribution in [1.29, 1.82) is 0 Å². The Hall–Kier alpha value is -3.56. The molecule has 0 fully saturated rings. The summed E-state index contributed by atoms with van der Waals surface area (Å²) in [7, 11) is 0. The average Bonchev–Trinajstić information content (AvgIpc) is 3.18. The molecule has 0 bridgehead atoms. The number of nitro benzene ring substituents is 1. The van der Waals surface area contributed by atoms with Gasteiger partial charge in [-0.1, -0.05) is 12.1 Å². The number of para-hydroxylation sites is 2. The van der Waals surface area contributed by atoms with Crippen molar-refractivity contribution in [1.82, 2.24) is 29.8 Å². The maximum Gasteiger partial charge on any atom is 0.310 e. The van der Waals surface area contributed by atoms with Crippen molar-refractivity contribution in [2.24, 2.45) is 0 Å². The van der Waals surface area contributed by atoms with E-state index in [9.17, 15) is 10.1 Å². The molecule has 4 aromatic rings. The van der Waals surface area contributed by atoms with E-state index in [-0.39, 0.29) is 18.0 Å². The first-order valence-corrected chi connectivity index (χ1v) is 6.62. The summed E-state index contributed by atoms with van der Waals surface area (Å²) in [6, 6.07) is 6.16. The SMILES string of the molecule is O=[N+]([O-])c1ccccc1OCc1nc2c3cn[nH]c3ncn2n1. The maximum atomic E-state index is 11.0. The summed E-state index contributed by atoms with van der Waals surface area (Å²) in [6.07, 6.45) is 3.12. The molecule has 4 rings (SSSR count). The average molecular weight is 311 g/mol. The van der Waals surface area contributed by atoms with Gasteiger partial charge in [0.15, 0.2) is 29.5 Å². The summed E-state index contributed by atoms with van der Waals surface area (Å²) < 4.78 is 6.99. The molecule has 114 valence electrons. The van der Waals surface area contributed by atoms with Crippen molar-refractivity contribution in [2.75, 3.05) is 0 Å². The molecular weight excluding hydrogens is 302 g/mol. The molecule has 0 aliphatic rings. The molecule has 3 aromatic heterocycles. The molecule has 23 heavy (non-hydrogen) atoms. The van der Waals surface area contributed by atoms with Crippen LogP contribution in [-0.4, -0.2) is 34.7 Å². The molecule has 10 nitrogen and oxygen atoms in total. The molecule has 0 radical (unpaired) electrons. The van der Waals surface area contributed by atoms with E-state index in [2.05, 4.69) is 25.3 Å². The third-order valence-corrected chi connectivity index (χ3v) is 3.25. The highest BCUT2D eigenvalue weighted by molar-refractivity contribution is 5.87. The third kappa shape index (κ3) is 2.21. The number of aromatic amines is 1. The van der Waals surface area contributed by atoms with Crippen LogP contribution in [0.3, 0.4) is 0 Å². The molecule has 10 heteroatoms. The van der Waals surface area contributed by atoms with Gasteiger partial charge in [-0.15, -0.1) is 5.10 Å². The lowest BCUT2D eigenvalue weighted by atomic mass is 10.3. The predicted octanol–water partition coefficient (Wildman–Crippen LogP) is 1.49. The van der Waals surface area contributed by atoms with E-state index in [1.807, 2.05) is 0 Å². The minimum absolute atomic E-state index is 0.00583. The zero-order chi connectivity index (χ0) is 15.8. The van der Waals surface area contributed by atoms with Gasteiger partial charge < -0.3 is 4.74 Å². The van der Waals surface area contributed by atoms with Gasteiger partial charge in [0.2, 0.25) is 0 Å². The summed E-state index contributed by atoms with van der Waals surface area (Å²) in [5.74, 6) is 0.557. The molecule has 0 spiro atoms. The Morgan fingerprint density at radius 3 is 3.09 bits per heavy atom. The molecule has 0 aliphatic heterocycles. The van der Waals surface area contributed by atoms with Gasteiger partial charge in [-0.3, -0.25) is 15.2 Å². The highest BCUT2D eigenvalue weighted by atomic mass is 16.6. The number of ether oxygens (including phenoxy) is 1. The van der Waals surface area contributed by atoms with Crippen LogP contribution in [0.4, 0.5) is 5.69 Å². The third-order valence-electron chi connectivity index (χ3n) is 3.25. The molecule has 0 amide bonds. The van der Waals surface area contributed by atoms with Crippen LogP contribution in [0.15, 0.2) is 36.8 Å². The molecule has 1 aromatic carbocycles. The summed E-state index contributed by atoms with van der Waals surface area (Å²) in [6.45, 7) is 0.00583. The fourth-order valence-corrected chi connectivity index (χ4v) is 2.22. The van der Waals surface area contributed by atoms with Gasteiger partial charge in [0, 0.05) is 6.07 Å². The zero-order valence-corrected chi connectivity index (χ0v) is 11.6. The van der Waals surface area contributed by atoms with Crippen molar-refractivity contribution >= 4 is 22.4 Å². The Labute approximate surface area is 127 Å². The highest BCUT2D eigenvalue weighted by Crippen LogP contribution is 2.26. The summed E-state index contributed by atoms with van der Waals surface area (Å²) in [4.78, 5) is 19.0. The van der Waals surface area contributed by atoms with Gasteiger partial charge >= 0.3 is 5.69 Å². The fourth-order valence-electron chi connectivity index (χ4n) is 2.22. The van der Waals surface area contributed by atoms with Crippen molar-refractivity contribution in [3.05, 3.63) is 52.7 Å². The molecular formula is C13H9N7O3. The Morgan fingerprint density at radius 1 is 1.35 bits per heavy atom. The molecule has 0 unspecified atom stereocenters. The molecule has 0 atom stereocenters. The van der Waals surface area contributed by atoms with E-state index < -0.39 is 4.92 Å². The Bertz CT molecular complexity index is 1020. The van der Waals surface area contributed by atoms with Crippen LogP contribution in [0.25, 0.3) is 16.7 Å². The first-order chi connectivity index (χ1) is 11.2. The quantitative estimate of drug-likeness (QED) is 0.447. The second-order valence-corrected chi connectivity index (χ2v) is 4.69. The summed E-state index contributed by atoms with van der Waals surface area (Å²) in [5.41, 5.74) is 1.09. The van der Waals surface area contributed by atoms with E-state index >= 15 is 0 Å². The largest absolute Gasteiger partial charge is 0.478 e. The van der Waals surface area contributed by atoms with Gasteiger partial charge in [0.1, 0.15) is 6.33 Å². The van der Waals surface area contributed by atoms with Crippen LogP contribution in [0.5, 0.6) is 5.75 Å². The summed E-state index contributed by atoms with van der Waals surface area (Å²) in [5, 5.41) is 22.6. The molecule has 1 N–H and O–H groups in total. The number of nitrogens with one attached hydrogen (secondary N) is 1. The number of rotatable bonds is 4. The number of benzene rings is 1. The van der Waals surface area contributed by atoms with E-state index in [1.54, 1.807) is 18.3 Å². The van der Waals surface area contributed by atoms with Crippen molar-refractivity contribution < 1.29 is 9.66 Å². The van der Waals surface area contributed by atoms with Gasteiger partial charge in [0.25, 0.3) is 0 Å². The Kier molecular flexibility index (Phi) is 2.86. The first-order valence-electron chi connectivity index (χ1n) is 6.62. The summed E-state index contributed by atoms with van der Waals surface area (Å²) >= 11 is 0. The second-order valence-electron chi connectivity index (χ2n) is 4.69. The fraction of sp³-hybridized carbons (Fsp3) is 0.0769. The maximum absolute atomic E-state index is 11.0. The Balaban J connectivity index is 1.65. The van der Waals surface area contributed by atoms with Crippen molar-refractivity contribution in [3.63, 3.8) is 0 Å². The topological polar surface area (TPSA) is 124 Å². The molecule has 0 saturated carbocycles. The van der Waals surface area contributed by atoms with Gasteiger partial charge in [-0.25, -0.2) is 14.5 Å². The van der Waals surface area contributed by atoms with Crippen LogP contribution in [-0.2, 0) is 6.61 Å². The number of nitro groups is 1. The van der Waals surface area contributed by atoms with Crippen LogP contribution in [0.2, 0.25) is 0 Å². The lowest BCUT2D eigenvalue weighted by molar-refractivity contribution is -0.385. The second kappa shape index (κ2) is 5.02. The van der Waals surface area contributed by atoms with Crippen LogP contribution in [0, 0.1) is 10.1 Å². The van der Waals surface area contributed by atoms with Gasteiger partial charge in [0.05, 0.1) is 16.5 Å². The van der Waals surface area contributed by atoms with E-state index in [1.165, 1.54) is 23.0 Å². The predicted molar refractivity (Wildman–Crippen MR) is 77.9 cm³/mol. The minimum atomic E-state index is -0.495. The highest BCUT2D eigenvalue weighted by Gasteiger charge is 2.15. The number of nitrogens with zero attached hydrogens (tertiary/aromatic N) is 6. The number of fused-ring (bicyclic) bond motifs is 3. The normalized spacial score (nSPS) is 11.1. The molecule has 3 heterocycles. The van der Waals surface area contributed by atoms with Crippen LogP contribution < -0.4 is 4.74 Å². The number of H-pyrrole nitrogens is 1. The lowest BCUT2D eigenvalue weighted by Crippen LogP contribution is -2.00. The number of hydrogen-bond donors (Lipinski definition) is 1. The first kappa shape index (κ1) is 13.1. The van der Waals surface area contributed by atoms with E-state index in [0.717, 1.165) is 5.39 Å². The van der Waals surface area contributed by atoms with E-state index in [0.29, 0.717) is 17.1 Å².